The monoisotopic (exact) mass is 637 g/mol. The number of nitrogens with zero attached hydrogens (tertiary/aromatic N) is 3. The highest BCUT2D eigenvalue weighted by Crippen LogP contribution is 2.40. The van der Waals surface area contributed by atoms with Gasteiger partial charge in [-0.05, 0) is 82.4 Å². The Morgan fingerprint density at radius 3 is 1.60 bits per heavy atom. The smallest absolute Gasteiger partial charge is 0.0963 e. The van der Waals surface area contributed by atoms with E-state index in [4.69, 9.17) is 4.98 Å². The molecule has 3 heteroatoms. The molecule has 0 saturated heterocycles. The van der Waals surface area contributed by atoms with Gasteiger partial charge in [-0.2, -0.15) is 0 Å². The first kappa shape index (κ1) is 28.3. The number of fused-ring (bicyclic) bond motifs is 6. The van der Waals surface area contributed by atoms with Crippen LogP contribution in [-0.2, 0) is 0 Å². The Balaban J connectivity index is 1.18. The third-order valence-corrected chi connectivity index (χ3v) is 9.99. The van der Waals surface area contributed by atoms with Crippen molar-refractivity contribution in [2.75, 3.05) is 0 Å². The quantitative estimate of drug-likeness (QED) is 0.184. The van der Waals surface area contributed by atoms with Crippen LogP contribution >= 0.6 is 0 Å². The fourth-order valence-electron chi connectivity index (χ4n) is 7.66. The van der Waals surface area contributed by atoms with E-state index in [1.807, 2.05) is 12.3 Å². The van der Waals surface area contributed by atoms with Crippen molar-refractivity contribution in [3.8, 4) is 44.8 Å². The molecular weight excluding hydrogens is 607 g/mol. The molecule has 10 rings (SSSR count). The second kappa shape index (κ2) is 11.5. The molecule has 10 aromatic rings. The minimum atomic E-state index is 1.01. The average Bonchev–Trinajstić information content (AvgIpc) is 3.71. The standard InChI is InChI=1S/C47H31N3/c1-3-11-32(12-4-1)34-20-25-37(26-21-34)49-44-19-10-30-48-46(44)42-29-24-36(31-45(42)49)39-16-9-17-41-40-15-7-8-18-43(40)50(47(39)41)38-27-22-35(23-28-38)33-13-5-2-6-14-33/h1-31H. The van der Waals surface area contributed by atoms with Crippen molar-refractivity contribution < 1.29 is 0 Å². The van der Waals surface area contributed by atoms with Gasteiger partial charge >= 0.3 is 0 Å². The predicted octanol–water partition coefficient (Wildman–Crippen LogP) is 12.3. The van der Waals surface area contributed by atoms with E-state index >= 15 is 0 Å². The van der Waals surface area contributed by atoms with E-state index < -0.39 is 0 Å². The molecule has 0 unspecified atom stereocenters. The van der Waals surface area contributed by atoms with E-state index in [1.54, 1.807) is 0 Å². The van der Waals surface area contributed by atoms with Gasteiger partial charge in [0.05, 0.1) is 27.6 Å². The van der Waals surface area contributed by atoms with Crippen LogP contribution in [0.3, 0.4) is 0 Å². The van der Waals surface area contributed by atoms with E-state index in [9.17, 15) is 0 Å². The molecule has 0 bridgehead atoms. The molecule has 3 heterocycles. The molecule has 0 aliphatic carbocycles. The van der Waals surface area contributed by atoms with Crippen LogP contribution in [0.25, 0.3) is 88.5 Å². The van der Waals surface area contributed by atoms with Crippen LogP contribution in [0, 0.1) is 0 Å². The fraction of sp³-hybridized carbons (Fsp3) is 0. The Kier molecular flexibility index (Phi) is 6.49. The lowest BCUT2D eigenvalue weighted by molar-refractivity contribution is 1.17. The van der Waals surface area contributed by atoms with Gasteiger partial charge in [-0.15, -0.1) is 0 Å². The molecule has 0 spiro atoms. The van der Waals surface area contributed by atoms with Crippen molar-refractivity contribution in [3.63, 3.8) is 0 Å². The molecule has 0 radical (unpaired) electrons. The molecule has 50 heavy (non-hydrogen) atoms. The summed E-state index contributed by atoms with van der Waals surface area (Å²) in [5.74, 6) is 0. The van der Waals surface area contributed by atoms with E-state index in [1.165, 1.54) is 49.6 Å². The van der Waals surface area contributed by atoms with Crippen LogP contribution < -0.4 is 0 Å². The molecule has 7 aromatic carbocycles. The Bertz CT molecular complexity index is 2830. The maximum atomic E-state index is 4.86. The summed E-state index contributed by atoms with van der Waals surface area (Å²) in [6.07, 6.45) is 1.89. The fourth-order valence-corrected chi connectivity index (χ4v) is 7.66. The lowest BCUT2D eigenvalue weighted by atomic mass is 10.0. The first-order valence-electron chi connectivity index (χ1n) is 17.1. The number of aromatic nitrogens is 3. The zero-order chi connectivity index (χ0) is 33.0. The Hall–Kier alpha value is -6.71. The van der Waals surface area contributed by atoms with Crippen molar-refractivity contribution in [2.24, 2.45) is 0 Å². The van der Waals surface area contributed by atoms with E-state index in [0.29, 0.717) is 0 Å². The Morgan fingerprint density at radius 1 is 0.340 bits per heavy atom. The Morgan fingerprint density at radius 2 is 0.900 bits per heavy atom. The third-order valence-electron chi connectivity index (χ3n) is 9.99. The average molecular weight is 638 g/mol. The normalized spacial score (nSPS) is 11.6. The van der Waals surface area contributed by atoms with Crippen molar-refractivity contribution in [2.45, 2.75) is 0 Å². The summed E-state index contributed by atoms with van der Waals surface area (Å²) in [7, 11) is 0. The van der Waals surface area contributed by atoms with Gasteiger partial charge in [-0.3, -0.25) is 4.98 Å². The number of pyridine rings is 1. The second-order valence-electron chi connectivity index (χ2n) is 12.8. The maximum absolute atomic E-state index is 4.86. The second-order valence-corrected chi connectivity index (χ2v) is 12.8. The first-order valence-corrected chi connectivity index (χ1v) is 17.1. The molecule has 3 nitrogen and oxygen atoms in total. The third kappa shape index (κ3) is 4.48. The summed E-state index contributed by atoms with van der Waals surface area (Å²) in [5.41, 5.74) is 15.1. The molecule has 0 fully saturated rings. The molecule has 0 aliphatic rings. The number of rotatable bonds is 5. The van der Waals surface area contributed by atoms with Crippen molar-refractivity contribution in [1.82, 2.24) is 14.1 Å². The first-order chi connectivity index (χ1) is 24.8. The number of benzene rings is 7. The highest BCUT2D eigenvalue weighted by molar-refractivity contribution is 6.15. The largest absolute Gasteiger partial charge is 0.309 e. The summed E-state index contributed by atoms with van der Waals surface area (Å²) in [4.78, 5) is 4.86. The molecular formula is C47H31N3. The number of hydrogen-bond donors (Lipinski definition) is 0. The molecule has 234 valence electrons. The van der Waals surface area contributed by atoms with Gasteiger partial charge in [0, 0.05) is 39.3 Å². The number of para-hydroxylation sites is 2. The molecule has 0 N–H and O–H groups in total. The van der Waals surface area contributed by atoms with Crippen molar-refractivity contribution in [1.29, 1.82) is 0 Å². The maximum Gasteiger partial charge on any atom is 0.0963 e. The van der Waals surface area contributed by atoms with Crippen LogP contribution in [0.5, 0.6) is 0 Å². The van der Waals surface area contributed by atoms with E-state index in [-0.39, 0.29) is 0 Å². The highest BCUT2D eigenvalue weighted by atomic mass is 15.0. The lowest BCUT2D eigenvalue weighted by Crippen LogP contribution is -1.96. The van der Waals surface area contributed by atoms with Gasteiger partial charge in [-0.1, -0.05) is 127 Å². The SMILES string of the molecule is c1ccc(-c2ccc(-n3c4cc(-c5cccc6c7ccccc7n(-c7ccc(-c8ccccc8)cc7)c56)ccc4c4ncccc43)cc2)cc1. The molecule has 0 saturated carbocycles. The van der Waals surface area contributed by atoms with Gasteiger partial charge in [0.25, 0.3) is 0 Å². The van der Waals surface area contributed by atoms with Crippen LogP contribution in [-0.4, -0.2) is 14.1 Å². The summed E-state index contributed by atoms with van der Waals surface area (Å²) in [5, 5.41) is 3.62. The molecule has 3 aromatic heterocycles. The van der Waals surface area contributed by atoms with Gasteiger partial charge in [0.1, 0.15) is 0 Å². The van der Waals surface area contributed by atoms with Crippen molar-refractivity contribution in [3.05, 3.63) is 188 Å². The summed E-state index contributed by atoms with van der Waals surface area (Å²) < 4.78 is 4.78. The molecule has 0 atom stereocenters. The molecule has 0 amide bonds. The van der Waals surface area contributed by atoms with Crippen LogP contribution in [0.15, 0.2) is 188 Å². The minimum absolute atomic E-state index is 1.01. The molecule has 0 aliphatic heterocycles. The topological polar surface area (TPSA) is 22.8 Å². The van der Waals surface area contributed by atoms with Crippen molar-refractivity contribution >= 4 is 43.7 Å². The lowest BCUT2D eigenvalue weighted by Gasteiger charge is -2.13. The summed E-state index contributed by atoms with van der Waals surface area (Å²) in [6.45, 7) is 0. The van der Waals surface area contributed by atoms with Gasteiger partial charge in [0.15, 0.2) is 0 Å². The predicted molar refractivity (Wildman–Crippen MR) is 209 cm³/mol. The van der Waals surface area contributed by atoms with E-state index in [0.717, 1.165) is 38.9 Å². The van der Waals surface area contributed by atoms with Crippen LogP contribution in [0.1, 0.15) is 0 Å². The van der Waals surface area contributed by atoms with Gasteiger partial charge in [0.2, 0.25) is 0 Å². The summed E-state index contributed by atoms with van der Waals surface area (Å²) >= 11 is 0. The summed E-state index contributed by atoms with van der Waals surface area (Å²) in [6, 6.07) is 65.4. The van der Waals surface area contributed by atoms with E-state index in [2.05, 4.69) is 185 Å². The van der Waals surface area contributed by atoms with Gasteiger partial charge in [-0.25, -0.2) is 0 Å². The Labute approximate surface area is 290 Å². The van der Waals surface area contributed by atoms with Crippen LogP contribution in [0.2, 0.25) is 0 Å². The highest BCUT2D eigenvalue weighted by Gasteiger charge is 2.19. The zero-order valence-corrected chi connectivity index (χ0v) is 27.2. The van der Waals surface area contributed by atoms with Crippen LogP contribution in [0.4, 0.5) is 0 Å². The minimum Gasteiger partial charge on any atom is -0.309 e. The zero-order valence-electron chi connectivity index (χ0n) is 27.2. The number of hydrogen-bond acceptors (Lipinski definition) is 1. The van der Waals surface area contributed by atoms with Gasteiger partial charge < -0.3 is 9.13 Å².